The van der Waals surface area contributed by atoms with Crippen LogP contribution in [0, 0.1) is 0 Å². The van der Waals surface area contributed by atoms with E-state index in [2.05, 4.69) is 0 Å². The molecule has 2 aromatic heterocycles. The molecule has 0 fully saturated rings. The molecule has 6 heteroatoms. The van der Waals surface area contributed by atoms with E-state index in [0.717, 1.165) is 21.7 Å². The van der Waals surface area contributed by atoms with Crippen molar-refractivity contribution in [3.63, 3.8) is 0 Å². The van der Waals surface area contributed by atoms with E-state index in [4.69, 9.17) is 8.83 Å². The first-order chi connectivity index (χ1) is 19.5. The molecule has 0 amide bonds. The molecule has 40 heavy (non-hydrogen) atoms. The second kappa shape index (κ2) is 7.94. The summed E-state index contributed by atoms with van der Waals surface area (Å²) < 4.78 is 12.4. The van der Waals surface area contributed by atoms with Crippen LogP contribution < -0.4 is 10.9 Å². The lowest BCUT2D eigenvalue weighted by Crippen LogP contribution is -2.04. The Morgan fingerprint density at radius 2 is 1.25 bits per heavy atom. The van der Waals surface area contributed by atoms with Gasteiger partial charge in [0.1, 0.15) is 33.8 Å². The van der Waals surface area contributed by atoms with Crippen LogP contribution in [-0.4, -0.2) is 10.2 Å². The molecule has 0 atom stereocenters. The molecule has 2 N–H and O–H groups in total. The molecule has 0 bridgehead atoms. The minimum Gasteiger partial charge on any atom is -0.508 e. The van der Waals surface area contributed by atoms with Gasteiger partial charge in [-0.2, -0.15) is 0 Å². The van der Waals surface area contributed by atoms with Crippen LogP contribution in [0.15, 0.2) is 115 Å². The molecule has 2 heterocycles. The Balaban J connectivity index is 1.51. The zero-order valence-electron chi connectivity index (χ0n) is 20.8. The summed E-state index contributed by atoms with van der Waals surface area (Å²) in [4.78, 5) is 27.4. The Morgan fingerprint density at radius 1 is 0.500 bits per heavy atom. The van der Waals surface area contributed by atoms with Gasteiger partial charge in [0.05, 0.1) is 21.5 Å². The largest absolute Gasteiger partial charge is 0.508 e. The molecule has 0 saturated heterocycles. The van der Waals surface area contributed by atoms with Crippen molar-refractivity contribution >= 4 is 65.4 Å². The third-order valence-electron chi connectivity index (χ3n) is 7.60. The predicted molar refractivity (Wildman–Crippen MR) is 157 cm³/mol. The van der Waals surface area contributed by atoms with Crippen LogP contribution in [0.5, 0.6) is 11.5 Å². The number of phenols is 2. The second-order valence-electron chi connectivity index (χ2n) is 9.95. The molecule has 0 aliphatic carbocycles. The maximum Gasteiger partial charge on any atom is 0.201 e. The van der Waals surface area contributed by atoms with Crippen LogP contribution in [-0.2, 0) is 0 Å². The molecule has 0 radical (unpaired) electrons. The lowest BCUT2D eigenvalue weighted by molar-refractivity contribution is 0.474. The third kappa shape index (κ3) is 3.10. The monoisotopic (exact) mass is 522 g/mol. The molecule has 6 nitrogen and oxygen atoms in total. The van der Waals surface area contributed by atoms with Crippen LogP contribution in [0.25, 0.3) is 76.5 Å². The first-order valence-electron chi connectivity index (χ1n) is 12.7. The van der Waals surface area contributed by atoms with Gasteiger partial charge in [-0.25, -0.2) is 0 Å². The highest BCUT2D eigenvalue weighted by Gasteiger charge is 2.18. The fourth-order valence-corrected chi connectivity index (χ4v) is 5.73. The smallest absolute Gasteiger partial charge is 0.201 e. The van der Waals surface area contributed by atoms with Crippen LogP contribution in [0.3, 0.4) is 0 Å². The van der Waals surface area contributed by atoms with Gasteiger partial charge in [-0.15, -0.1) is 0 Å². The average molecular weight is 523 g/mol. The van der Waals surface area contributed by atoms with Crippen molar-refractivity contribution in [1.82, 2.24) is 0 Å². The Hall–Kier alpha value is -5.62. The van der Waals surface area contributed by atoms with Crippen molar-refractivity contribution in [1.29, 1.82) is 0 Å². The minimum absolute atomic E-state index is 0.0115. The maximum absolute atomic E-state index is 13.8. The van der Waals surface area contributed by atoms with Gasteiger partial charge in [0.25, 0.3) is 0 Å². The molecular weight excluding hydrogens is 504 g/mol. The lowest BCUT2D eigenvalue weighted by atomic mass is 9.94. The van der Waals surface area contributed by atoms with Crippen molar-refractivity contribution < 1.29 is 19.0 Å². The number of rotatable bonds is 1. The molecule has 190 valence electrons. The number of hydrogen-bond donors (Lipinski definition) is 2. The van der Waals surface area contributed by atoms with Gasteiger partial charge in [0.15, 0.2) is 0 Å². The molecule has 0 aliphatic heterocycles. The number of hydrogen-bond acceptors (Lipinski definition) is 6. The summed E-state index contributed by atoms with van der Waals surface area (Å²) in [5.41, 5.74) is 2.56. The van der Waals surface area contributed by atoms with Gasteiger partial charge >= 0.3 is 0 Å². The zero-order chi connectivity index (χ0) is 27.1. The summed E-state index contributed by atoms with van der Waals surface area (Å²) in [7, 11) is 0. The number of phenolic OH excluding ortho intramolecular Hbond substituents is 2. The SMILES string of the molecule is O=c1c2ccc(O)cc2oc2ccc3ccc(-c4cc5ccccc5c5c(=O)c6cc(O)ccc6oc45)cc3c12. The van der Waals surface area contributed by atoms with E-state index in [1.54, 1.807) is 18.2 Å². The van der Waals surface area contributed by atoms with Gasteiger partial charge < -0.3 is 19.0 Å². The molecule has 8 aromatic rings. The van der Waals surface area contributed by atoms with Crippen molar-refractivity contribution in [2.75, 3.05) is 0 Å². The fraction of sp³-hybridized carbons (Fsp3) is 0. The Labute approximate surface area is 224 Å². The van der Waals surface area contributed by atoms with Crippen LogP contribution in [0.1, 0.15) is 0 Å². The molecule has 0 aliphatic rings. The number of benzene rings is 6. The van der Waals surface area contributed by atoms with Gasteiger partial charge in [-0.3, -0.25) is 9.59 Å². The summed E-state index contributed by atoms with van der Waals surface area (Å²) in [6, 6.07) is 28.0. The Bertz CT molecular complexity index is 2500. The van der Waals surface area contributed by atoms with Crippen LogP contribution in [0.2, 0.25) is 0 Å². The molecule has 8 rings (SSSR count). The van der Waals surface area contributed by atoms with Crippen molar-refractivity contribution in [3.8, 4) is 22.6 Å². The van der Waals surface area contributed by atoms with Crippen molar-refractivity contribution in [2.24, 2.45) is 0 Å². The third-order valence-corrected chi connectivity index (χ3v) is 7.60. The van der Waals surface area contributed by atoms with Crippen molar-refractivity contribution in [2.45, 2.75) is 0 Å². The minimum atomic E-state index is -0.230. The molecule has 6 aromatic carbocycles. The highest BCUT2D eigenvalue weighted by atomic mass is 16.3. The first-order valence-corrected chi connectivity index (χ1v) is 12.7. The summed E-state index contributed by atoms with van der Waals surface area (Å²) in [5, 5.41) is 24.6. The fourth-order valence-electron chi connectivity index (χ4n) is 5.73. The van der Waals surface area contributed by atoms with E-state index in [-0.39, 0.29) is 22.4 Å². The second-order valence-corrected chi connectivity index (χ2v) is 9.95. The van der Waals surface area contributed by atoms with E-state index in [1.165, 1.54) is 24.3 Å². The highest BCUT2D eigenvalue weighted by molar-refractivity contribution is 6.15. The summed E-state index contributed by atoms with van der Waals surface area (Å²) in [5.74, 6) is 0.00747. The lowest BCUT2D eigenvalue weighted by Gasteiger charge is -2.12. The van der Waals surface area contributed by atoms with E-state index in [9.17, 15) is 19.8 Å². The standard InChI is InChI=1S/C34H18O6/c35-20-9-12-27-26(15-20)33(38)31-22-4-2-1-3-18(22)14-25(34(31)40-27)19-6-5-17-7-11-28-30(24(17)13-19)32(37)23-10-8-21(36)16-29(23)39-28/h1-16,35-36H. The maximum atomic E-state index is 13.8. The summed E-state index contributed by atoms with van der Waals surface area (Å²) in [6.45, 7) is 0. The van der Waals surface area contributed by atoms with Gasteiger partial charge in [-0.1, -0.05) is 42.5 Å². The Kier molecular flexibility index (Phi) is 4.44. The van der Waals surface area contributed by atoms with Gasteiger partial charge in [0, 0.05) is 11.6 Å². The average Bonchev–Trinajstić information content (AvgIpc) is 2.96. The quantitative estimate of drug-likeness (QED) is 0.170. The molecule has 0 saturated carbocycles. The van der Waals surface area contributed by atoms with Crippen molar-refractivity contribution in [3.05, 3.63) is 118 Å². The number of fused-ring (bicyclic) bond motifs is 8. The normalized spacial score (nSPS) is 11.9. The van der Waals surface area contributed by atoms with E-state index >= 15 is 0 Å². The predicted octanol–water partition coefficient (Wildman–Crippen LogP) is 7.59. The van der Waals surface area contributed by atoms with E-state index in [0.29, 0.717) is 54.8 Å². The van der Waals surface area contributed by atoms with Crippen LogP contribution >= 0.6 is 0 Å². The topological polar surface area (TPSA) is 101 Å². The van der Waals surface area contributed by atoms with E-state index in [1.807, 2.05) is 54.6 Å². The molecule has 0 unspecified atom stereocenters. The number of aromatic hydroxyl groups is 2. The molecular formula is C34H18O6. The van der Waals surface area contributed by atoms with Gasteiger partial charge in [0.2, 0.25) is 10.9 Å². The first kappa shape index (κ1) is 22.4. The highest BCUT2D eigenvalue weighted by Crippen LogP contribution is 2.38. The van der Waals surface area contributed by atoms with Gasteiger partial charge in [-0.05, 0) is 75.6 Å². The summed E-state index contributed by atoms with van der Waals surface area (Å²) >= 11 is 0. The van der Waals surface area contributed by atoms with Crippen LogP contribution in [0.4, 0.5) is 0 Å². The van der Waals surface area contributed by atoms with E-state index < -0.39 is 0 Å². The summed E-state index contributed by atoms with van der Waals surface area (Å²) in [6.07, 6.45) is 0. The Morgan fingerprint density at radius 3 is 2.15 bits per heavy atom. The molecule has 0 spiro atoms. The zero-order valence-corrected chi connectivity index (χ0v) is 20.8.